The fourth-order valence-electron chi connectivity index (χ4n) is 5.05. The Kier molecular flexibility index (Phi) is 2.68. The topological polar surface area (TPSA) is 40.7 Å². The second kappa shape index (κ2) is 4.37. The van der Waals surface area contributed by atoms with Crippen LogP contribution in [0.15, 0.2) is 12.4 Å². The molecule has 0 unspecified atom stereocenters. The molecule has 3 heteroatoms. The predicted molar refractivity (Wildman–Crippen MR) is 71.1 cm³/mol. The van der Waals surface area contributed by atoms with E-state index in [0.29, 0.717) is 0 Å². The molecule has 4 aliphatic rings. The number of nitrogens with one attached hydrogen (secondary N) is 2. The summed E-state index contributed by atoms with van der Waals surface area (Å²) >= 11 is 0. The molecule has 2 N–H and O–H groups in total. The SMILES string of the molecule is c1c[nH]c(CCNC2C3CC4CC(C3)CC2C4)n1. The molecule has 4 bridgehead atoms. The van der Waals surface area contributed by atoms with Gasteiger partial charge in [0.05, 0.1) is 0 Å². The Morgan fingerprint density at radius 1 is 1.11 bits per heavy atom. The van der Waals surface area contributed by atoms with E-state index >= 15 is 0 Å². The van der Waals surface area contributed by atoms with Crippen LogP contribution in [0.25, 0.3) is 0 Å². The lowest BCUT2D eigenvalue weighted by Crippen LogP contribution is -2.54. The molecule has 4 aliphatic carbocycles. The highest BCUT2D eigenvalue weighted by molar-refractivity contribution is 5.01. The summed E-state index contributed by atoms with van der Waals surface area (Å²) in [5.74, 6) is 5.24. The van der Waals surface area contributed by atoms with Crippen LogP contribution in [0.1, 0.15) is 37.9 Å². The maximum atomic E-state index is 4.29. The van der Waals surface area contributed by atoms with E-state index in [0.717, 1.165) is 48.5 Å². The smallest absolute Gasteiger partial charge is 0.107 e. The van der Waals surface area contributed by atoms with Crippen molar-refractivity contribution in [2.24, 2.45) is 23.7 Å². The number of hydrogen-bond donors (Lipinski definition) is 2. The van der Waals surface area contributed by atoms with Crippen LogP contribution in [-0.4, -0.2) is 22.6 Å². The van der Waals surface area contributed by atoms with Crippen LogP contribution in [0.2, 0.25) is 0 Å². The lowest BCUT2D eigenvalue weighted by molar-refractivity contribution is -0.0133. The summed E-state index contributed by atoms with van der Waals surface area (Å²) in [7, 11) is 0. The average molecular weight is 245 g/mol. The normalized spacial score (nSPS) is 41.4. The molecule has 0 amide bonds. The maximum absolute atomic E-state index is 4.29. The monoisotopic (exact) mass is 245 g/mol. The number of rotatable bonds is 4. The standard InChI is InChI=1S/C15H23N3/c1(14-16-3-4-17-14)2-18-15-12-6-10-5-11(8-12)9-13(15)7-10/h3-4,10-13,15,18H,1-2,5-9H2,(H,16,17). The number of nitrogens with zero attached hydrogens (tertiary/aromatic N) is 1. The van der Waals surface area contributed by atoms with Crippen molar-refractivity contribution in [1.29, 1.82) is 0 Å². The van der Waals surface area contributed by atoms with Crippen molar-refractivity contribution >= 4 is 0 Å². The van der Waals surface area contributed by atoms with Crippen molar-refractivity contribution in [2.45, 2.75) is 44.6 Å². The van der Waals surface area contributed by atoms with Crippen molar-refractivity contribution in [3.05, 3.63) is 18.2 Å². The Labute approximate surface area is 109 Å². The number of aromatic amines is 1. The third-order valence-corrected chi connectivity index (χ3v) is 5.52. The van der Waals surface area contributed by atoms with Crippen LogP contribution < -0.4 is 5.32 Å². The molecule has 0 radical (unpaired) electrons. The average Bonchev–Trinajstić information content (AvgIpc) is 2.85. The molecule has 1 aromatic rings. The number of H-pyrrole nitrogens is 1. The minimum absolute atomic E-state index is 0.813. The zero-order chi connectivity index (χ0) is 11.9. The molecule has 3 nitrogen and oxygen atoms in total. The van der Waals surface area contributed by atoms with Gasteiger partial charge in [0.25, 0.3) is 0 Å². The van der Waals surface area contributed by atoms with E-state index in [1.807, 2.05) is 12.4 Å². The Morgan fingerprint density at radius 2 is 1.83 bits per heavy atom. The van der Waals surface area contributed by atoms with Gasteiger partial charge in [-0.15, -0.1) is 0 Å². The molecule has 0 spiro atoms. The highest BCUT2D eigenvalue weighted by atomic mass is 15.0. The molecule has 1 aromatic heterocycles. The number of aromatic nitrogens is 2. The first kappa shape index (κ1) is 11.0. The van der Waals surface area contributed by atoms with Crippen molar-refractivity contribution in [3.8, 4) is 0 Å². The minimum atomic E-state index is 0.813. The second-order valence-electron chi connectivity index (χ2n) is 6.70. The van der Waals surface area contributed by atoms with Gasteiger partial charge in [0.2, 0.25) is 0 Å². The number of imidazole rings is 1. The van der Waals surface area contributed by atoms with Crippen LogP contribution in [0.4, 0.5) is 0 Å². The van der Waals surface area contributed by atoms with E-state index in [1.54, 1.807) is 6.42 Å². The third kappa shape index (κ3) is 1.89. The van der Waals surface area contributed by atoms with E-state index in [9.17, 15) is 0 Å². The van der Waals surface area contributed by atoms with Crippen LogP contribution in [0.5, 0.6) is 0 Å². The second-order valence-corrected chi connectivity index (χ2v) is 6.70. The van der Waals surface area contributed by atoms with Gasteiger partial charge in [0.15, 0.2) is 0 Å². The predicted octanol–water partition coefficient (Wildman–Crippen LogP) is 2.37. The summed E-state index contributed by atoms with van der Waals surface area (Å²) in [6, 6.07) is 0.813. The minimum Gasteiger partial charge on any atom is -0.349 e. The largest absolute Gasteiger partial charge is 0.349 e. The van der Waals surface area contributed by atoms with Gasteiger partial charge in [-0.05, 0) is 55.8 Å². The fourth-order valence-corrected chi connectivity index (χ4v) is 5.05. The van der Waals surface area contributed by atoms with Gasteiger partial charge in [0, 0.05) is 31.4 Å². The summed E-state index contributed by atoms with van der Waals surface area (Å²) in [4.78, 5) is 7.48. The fraction of sp³-hybridized carbons (Fsp3) is 0.800. The first-order valence-corrected chi connectivity index (χ1v) is 7.60. The molecule has 1 heterocycles. The van der Waals surface area contributed by atoms with Gasteiger partial charge < -0.3 is 10.3 Å². The third-order valence-electron chi connectivity index (χ3n) is 5.52. The van der Waals surface area contributed by atoms with Gasteiger partial charge in [-0.2, -0.15) is 0 Å². The van der Waals surface area contributed by atoms with Crippen molar-refractivity contribution in [2.75, 3.05) is 6.54 Å². The molecule has 0 atom stereocenters. The Balaban J connectivity index is 1.35. The number of hydrogen-bond acceptors (Lipinski definition) is 2. The lowest BCUT2D eigenvalue weighted by Gasteiger charge is -2.54. The highest BCUT2D eigenvalue weighted by Gasteiger charge is 2.47. The maximum Gasteiger partial charge on any atom is 0.107 e. The van der Waals surface area contributed by atoms with E-state index < -0.39 is 0 Å². The molecule has 4 saturated carbocycles. The molecule has 0 aromatic carbocycles. The van der Waals surface area contributed by atoms with Gasteiger partial charge in [-0.25, -0.2) is 4.98 Å². The quantitative estimate of drug-likeness (QED) is 0.855. The molecule has 4 fully saturated rings. The Bertz CT molecular complexity index is 370. The van der Waals surface area contributed by atoms with Crippen LogP contribution in [0.3, 0.4) is 0 Å². The molecule has 18 heavy (non-hydrogen) atoms. The van der Waals surface area contributed by atoms with Crippen molar-refractivity contribution in [3.63, 3.8) is 0 Å². The molecule has 0 aliphatic heterocycles. The first-order valence-electron chi connectivity index (χ1n) is 7.60. The Hall–Kier alpha value is -0.830. The Morgan fingerprint density at radius 3 is 2.44 bits per heavy atom. The highest BCUT2D eigenvalue weighted by Crippen LogP contribution is 2.53. The zero-order valence-electron chi connectivity index (χ0n) is 10.9. The first-order chi connectivity index (χ1) is 8.88. The van der Waals surface area contributed by atoms with E-state index in [4.69, 9.17) is 0 Å². The van der Waals surface area contributed by atoms with Crippen LogP contribution in [-0.2, 0) is 6.42 Å². The zero-order valence-corrected chi connectivity index (χ0v) is 10.9. The molecule has 5 rings (SSSR count). The van der Waals surface area contributed by atoms with E-state index in [-0.39, 0.29) is 0 Å². The molecular weight excluding hydrogens is 222 g/mol. The van der Waals surface area contributed by atoms with Crippen LogP contribution in [0, 0.1) is 23.7 Å². The van der Waals surface area contributed by atoms with Gasteiger partial charge in [0.1, 0.15) is 5.82 Å². The summed E-state index contributed by atoms with van der Waals surface area (Å²) in [5, 5.41) is 3.84. The summed E-state index contributed by atoms with van der Waals surface area (Å²) in [6.07, 6.45) is 12.4. The lowest BCUT2D eigenvalue weighted by atomic mass is 9.54. The van der Waals surface area contributed by atoms with Gasteiger partial charge in [-0.1, -0.05) is 0 Å². The summed E-state index contributed by atoms with van der Waals surface area (Å²) in [6.45, 7) is 1.08. The molecular formula is C15H23N3. The van der Waals surface area contributed by atoms with Gasteiger partial charge in [-0.3, -0.25) is 0 Å². The van der Waals surface area contributed by atoms with Crippen molar-refractivity contribution in [1.82, 2.24) is 15.3 Å². The summed E-state index contributed by atoms with van der Waals surface area (Å²) in [5.41, 5.74) is 0. The molecule has 0 saturated heterocycles. The van der Waals surface area contributed by atoms with E-state index in [2.05, 4.69) is 15.3 Å². The van der Waals surface area contributed by atoms with E-state index in [1.165, 1.54) is 25.7 Å². The van der Waals surface area contributed by atoms with Gasteiger partial charge >= 0.3 is 0 Å². The molecule has 98 valence electrons. The van der Waals surface area contributed by atoms with Crippen LogP contribution >= 0.6 is 0 Å². The van der Waals surface area contributed by atoms with Crippen molar-refractivity contribution < 1.29 is 0 Å². The summed E-state index contributed by atoms with van der Waals surface area (Å²) < 4.78 is 0.